The molecule has 0 fully saturated rings. The fourth-order valence-electron chi connectivity index (χ4n) is 3.86. The quantitative estimate of drug-likeness (QED) is 0.394. The Kier molecular flexibility index (Phi) is 5.31. The molecule has 8 heteroatoms. The maximum atomic E-state index is 10.9. The van der Waals surface area contributed by atoms with Crippen LogP contribution in [0.3, 0.4) is 0 Å². The lowest BCUT2D eigenvalue weighted by molar-refractivity contribution is 0.181. The van der Waals surface area contributed by atoms with Gasteiger partial charge >= 0.3 is 0 Å². The van der Waals surface area contributed by atoms with E-state index in [-0.39, 0.29) is 0 Å². The van der Waals surface area contributed by atoms with Crippen LogP contribution in [0.25, 0.3) is 27.5 Å². The molecule has 0 aliphatic heterocycles. The van der Waals surface area contributed by atoms with Gasteiger partial charge in [-0.1, -0.05) is 60.3 Å². The molecule has 7 nitrogen and oxygen atoms in total. The summed E-state index contributed by atoms with van der Waals surface area (Å²) in [5, 5.41) is 25.9. The molecular formula is C23H21N5O2S. The topological polar surface area (TPSA) is 78.0 Å². The van der Waals surface area contributed by atoms with Gasteiger partial charge in [0.05, 0.1) is 19.8 Å². The number of benzene rings is 3. The SMILES string of the molecule is COc1ccccc1-n1nnnc1SCC(O)Cn1c2ccccc2c2ccccc21. The predicted octanol–water partition coefficient (Wildman–Crippen LogP) is 3.93. The summed E-state index contributed by atoms with van der Waals surface area (Å²) in [6.07, 6.45) is -0.577. The third kappa shape index (κ3) is 3.64. The van der Waals surface area contributed by atoms with Crippen LogP contribution in [0.1, 0.15) is 0 Å². The zero-order valence-electron chi connectivity index (χ0n) is 16.9. The van der Waals surface area contributed by atoms with Gasteiger partial charge in [0.25, 0.3) is 0 Å². The highest BCUT2D eigenvalue weighted by Crippen LogP contribution is 2.30. The van der Waals surface area contributed by atoms with Gasteiger partial charge in [0.1, 0.15) is 11.4 Å². The van der Waals surface area contributed by atoms with Gasteiger partial charge in [-0.25, -0.2) is 0 Å². The summed E-state index contributed by atoms with van der Waals surface area (Å²) in [5.41, 5.74) is 2.99. The van der Waals surface area contributed by atoms with Crippen LogP contribution in [0.2, 0.25) is 0 Å². The smallest absolute Gasteiger partial charge is 0.214 e. The minimum absolute atomic E-state index is 0.455. The molecule has 0 amide bonds. The lowest BCUT2D eigenvalue weighted by atomic mass is 10.2. The van der Waals surface area contributed by atoms with Crippen LogP contribution in [-0.2, 0) is 6.54 Å². The summed E-state index contributed by atoms with van der Waals surface area (Å²) in [6.45, 7) is 0.483. The third-order valence-corrected chi connectivity index (χ3v) is 6.30. The van der Waals surface area contributed by atoms with Crippen molar-refractivity contribution < 1.29 is 9.84 Å². The molecule has 0 aliphatic carbocycles. The molecule has 0 radical (unpaired) electrons. The molecule has 0 aliphatic rings. The first-order valence-electron chi connectivity index (χ1n) is 9.95. The van der Waals surface area contributed by atoms with Crippen molar-refractivity contribution in [3.8, 4) is 11.4 Å². The van der Waals surface area contributed by atoms with E-state index in [2.05, 4.69) is 44.4 Å². The molecule has 0 spiro atoms. The average Bonchev–Trinajstić information content (AvgIpc) is 3.41. The maximum absolute atomic E-state index is 10.9. The highest BCUT2D eigenvalue weighted by atomic mass is 32.2. The van der Waals surface area contributed by atoms with E-state index < -0.39 is 6.10 Å². The number of para-hydroxylation sites is 4. The number of fused-ring (bicyclic) bond motifs is 3. The largest absolute Gasteiger partial charge is 0.494 e. The van der Waals surface area contributed by atoms with E-state index >= 15 is 0 Å². The Labute approximate surface area is 183 Å². The lowest BCUT2D eigenvalue weighted by Crippen LogP contribution is -2.18. The number of tetrazole rings is 1. The number of rotatable bonds is 7. The summed E-state index contributed by atoms with van der Waals surface area (Å²) < 4.78 is 9.24. The molecule has 31 heavy (non-hydrogen) atoms. The Morgan fingerprint density at radius 3 is 2.29 bits per heavy atom. The van der Waals surface area contributed by atoms with Crippen LogP contribution in [0, 0.1) is 0 Å². The fourth-order valence-corrected chi connectivity index (χ4v) is 4.66. The number of nitrogens with zero attached hydrogens (tertiary/aromatic N) is 5. The summed E-state index contributed by atoms with van der Waals surface area (Å²) >= 11 is 1.42. The molecule has 0 saturated heterocycles. The standard InChI is InChI=1S/C23H21N5O2S/c1-30-22-13-7-6-12-21(22)28-23(24-25-26-28)31-15-16(29)14-27-19-10-4-2-8-17(19)18-9-3-5-11-20(18)27/h2-13,16,29H,14-15H2,1H3. The Bertz CT molecular complexity index is 1290. The van der Waals surface area contributed by atoms with Crippen molar-refractivity contribution in [2.45, 2.75) is 17.8 Å². The number of thioether (sulfide) groups is 1. The van der Waals surface area contributed by atoms with E-state index in [9.17, 15) is 5.11 Å². The Morgan fingerprint density at radius 2 is 1.58 bits per heavy atom. The van der Waals surface area contributed by atoms with E-state index in [1.165, 1.54) is 22.5 Å². The van der Waals surface area contributed by atoms with Gasteiger partial charge in [0, 0.05) is 27.6 Å². The molecule has 0 saturated carbocycles. The van der Waals surface area contributed by atoms with E-state index in [0.29, 0.717) is 23.2 Å². The molecule has 2 aromatic heterocycles. The van der Waals surface area contributed by atoms with Gasteiger partial charge in [-0.05, 0) is 34.7 Å². The third-order valence-electron chi connectivity index (χ3n) is 5.23. The van der Waals surface area contributed by atoms with Crippen LogP contribution in [0.5, 0.6) is 5.75 Å². The van der Waals surface area contributed by atoms with Crippen molar-refractivity contribution in [3.63, 3.8) is 0 Å². The van der Waals surface area contributed by atoms with E-state index in [4.69, 9.17) is 4.74 Å². The van der Waals surface area contributed by atoms with Gasteiger partial charge in [-0.3, -0.25) is 0 Å². The number of hydrogen-bond donors (Lipinski definition) is 1. The minimum atomic E-state index is -0.577. The summed E-state index contributed by atoms with van der Waals surface area (Å²) in [4.78, 5) is 0. The lowest BCUT2D eigenvalue weighted by Gasteiger charge is -2.14. The summed E-state index contributed by atoms with van der Waals surface area (Å²) in [5.74, 6) is 1.14. The van der Waals surface area contributed by atoms with Crippen molar-refractivity contribution in [3.05, 3.63) is 72.8 Å². The van der Waals surface area contributed by atoms with Gasteiger partial charge in [-0.2, -0.15) is 4.68 Å². The van der Waals surface area contributed by atoms with Gasteiger partial charge < -0.3 is 14.4 Å². The zero-order valence-corrected chi connectivity index (χ0v) is 17.7. The van der Waals surface area contributed by atoms with Crippen molar-refractivity contribution in [1.29, 1.82) is 0 Å². The first kappa shape index (κ1) is 19.6. The molecule has 0 bridgehead atoms. The number of aromatic nitrogens is 5. The highest BCUT2D eigenvalue weighted by Gasteiger charge is 2.17. The second-order valence-electron chi connectivity index (χ2n) is 7.15. The second-order valence-corrected chi connectivity index (χ2v) is 8.14. The molecule has 1 N–H and O–H groups in total. The van der Waals surface area contributed by atoms with E-state index in [1.807, 2.05) is 48.5 Å². The molecule has 156 valence electrons. The molecule has 5 rings (SSSR count). The van der Waals surface area contributed by atoms with E-state index in [1.54, 1.807) is 11.8 Å². The molecule has 1 unspecified atom stereocenters. The van der Waals surface area contributed by atoms with Crippen molar-refractivity contribution in [1.82, 2.24) is 24.8 Å². The van der Waals surface area contributed by atoms with Crippen LogP contribution in [0.15, 0.2) is 78.0 Å². The monoisotopic (exact) mass is 431 g/mol. The van der Waals surface area contributed by atoms with Crippen molar-refractivity contribution in [2.24, 2.45) is 0 Å². The predicted molar refractivity (Wildman–Crippen MR) is 122 cm³/mol. The molecule has 5 aromatic rings. The first-order valence-corrected chi connectivity index (χ1v) is 10.9. The van der Waals surface area contributed by atoms with E-state index in [0.717, 1.165) is 16.7 Å². The van der Waals surface area contributed by atoms with Gasteiger partial charge in [-0.15, -0.1) is 5.10 Å². The second kappa shape index (κ2) is 8.41. The summed E-state index contributed by atoms with van der Waals surface area (Å²) in [7, 11) is 1.62. The zero-order chi connectivity index (χ0) is 21.2. The average molecular weight is 432 g/mol. The first-order chi connectivity index (χ1) is 15.3. The number of hydrogen-bond acceptors (Lipinski definition) is 6. The molecule has 2 heterocycles. The normalized spacial score (nSPS) is 12.5. The van der Waals surface area contributed by atoms with Crippen molar-refractivity contribution >= 4 is 33.6 Å². The Balaban J connectivity index is 1.37. The number of ether oxygens (including phenoxy) is 1. The number of methoxy groups -OCH3 is 1. The maximum Gasteiger partial charge on any atom is 0.214 e. The fraction of sp³-hybridized carbons (Fsp3) is 0.174. The Hall–Kier alpha value is -3.36. The molecular weight excluding hydrogens is 410 g/mol. The number of aliphatic hydroxyl groups excluding tert-OH is 1. The van der Waals surface area contributed by atoms with Crippen molar-refractivity contribution in [2.75, 3.05) is 12.9 Å². The van der Waals surface area contributed by atoms with Crippen LogP contribution in [0.4, 0.5) is 0 Å². The van der Waals surface area contributed by atoms with Crippen LogP contribution in [-0.4, -0.2) is 48.8 Å². The molecule has 3 aromatic carbocycles. The minimum Gasteiger partial charge on any atom is -0.494 e. The van der Waals surface area contributed by atoms with Crippen LogP contribution < -0.4 is 4.74 Å². The molecule has 1 atom stereocenters. The van der Waals surface area contributed by atoms with Crippen LogP contribution >= 0.6 is 11.8 Å². The van der Waals surface area contributed by atoms with Gasteiger partial charge in [0.15, 0.2) is 0 Å². The highest BCUT2D eigenvalue weighted by molar-refractivity contribution is 7.99. The number of aliphatic hydroxyl groups is 1. The van der Waals surface area contributed by atoms with Gasteiger partial charge in [0.2, 0.25) is 5.16 Å². The summed E-state index contributed by atoms with van der Waals surface area (Å²) in [6, 6.07) is 24.1. The Morgan fingerprint density at radius 1 is 0.935 bits per heavy atom.